The van der Waals surface area contributed by atoms with Gasteiger partial charge in [-0.2, -0.15) is 0 Å². The number of aliphatic hydroxyl groups excluding tert-OH is 2. The molecule has 0 aromatic heterocycles. The van der Waals surface area contributed by atoms with Crippen LogP contribution in [0.15, 0.2) is 37.0 Å². The summed E-state index contributed by atoms with van der Waals surface area (Å²) in [5.41, 5.74) is 0.742. The third kappa shape index (κ3) is 4.50. The Balaban J connectivity index is 1.49. The zero-order chi connectivity index (χ0) is 26.5. The molecular formula is C33H54O3. The summed E-state index contributed by atoms with van der Waals surface area (Å²) in [6.07, 6.45) is 16.2. The summed E-state index contributed by atoms with van der Waals surface area (Å²) in [7, 11) is 0. The molecule has 0 saturated heterocycles. The highest BCUT2D eigenvalue weighted by molar-refractivity contribution is 5.33. The second kappa shape index (κ2) is 10.0. The molecule has 3 heteroatoms. The van der Waals surface area contributed by atoms with Crippen LogP contribution in [0.2, 0.25) is 0 Å². The molecule has 0 bridgehead atoms. The van der Waals surface area contributed by atoms with E-state index in [2.05, 4.69) is 53.9 Å². The fraction of sp³-hybridized carbons (Fsp3) is 0.818. The summed E-state index contributed by atoms with van der Waals surface area (Å²) in [5, 5.41) is 33.4. The van der Waals surface area contributed by atoms with E-state index in [0.29, 0.717) is 42.4 Å². The smallest absolute Gasteiger partial charge is 0.0757 e. The Morgan fingerprint density at radius 1 is 1.00 bits per heavy atom. The SMILES string of the molecule is C=CCC(O)(CC=C)CCCC(C)C1CCC2C3C(O)C=C4C(C)(C)C(O)CCC4(C)C3CCC12C. The minimum Gasteiger partial charge on any atom is -0.392 e. The third-order valence-corrected chi connectivity index (χ3v) is 12.1. The molecule has 9 unspecified atom stereocenters. The van der Waals surface area contributed by atoms with E-state index in [1.807, 2.05) is 12.2 Å². The first-order chi connectivity index (χ1) is 16.8. The quantitative estimate of drug-likeness (QED) is 0.294. The minimum absolute atomic E-state index is 0.0957. The standard InChI is InChI=1S/C33H54O3/c1-8-16-33(36,17-9-2)18-10-11-22(3)23-12-13-24-29-25(14-19-31(23,24)6)32(7)20-15-28(35)30(4,5)27(32)21-26(29)34/h8-9,21-26,28-29,34-36H,1-2,10-20H2,3-7H3. The maximum Gasteiger partial charge on any atom is 0.0757 e. The molecular weight excluding hydrogens is 444 g/mol. The summed E-state index contributed by atoms with van der Waals surface area (Å²) in [6, 6.07) is 0. The lowest BCUT2D eigenvalue weighted by Gasteiger charge is -2.62. The second-order valence-electron chi connectivity index (χ2n) is 14.4. The summed E-state index contributed by atoms with van der Waals surface area (Å²) in [6.45, 7) is 19.5. The molecule has 4 aliphatic carbocycles. The molecule has 3 N–H and O–H groups in total. The lowest BCUT2D eigenvalue weighted by atomic mass is 9.43. The van der Waals surface area contributed by atoms with Crippen LogP contribution in [0.25, 0.3) is 0 Å². The van der Waals surface area contributed by atoms with Crippen molar-refractivity contribution in [2.45, 2.75) is 123 Å². The highest BCUT2D eigenvalue weighted by Gasteiger charge is 2.63. The van der Waals surface area contributed by atoms with Crippen molar-refractivity contribution in [3.8, 4) is 0 Å². The van der Waals surface area contributed by atoms with Crippen LogP contribution >= 0.6 is 0 Å². The highest BCUT2D eigenvalue weighted by Crippen LogP contribution is 2.69. The van der Waals surface area contributed by atoms with Gasteiger partial charge in [-0.3, -0.25) is 0 Å². The van der Waals surface area contributed by atoms with E-state index in [-0.39, 0.29) is 22.3 Å². The van der Waals surface area contributed by atoms with Crippen LogP contribution in [0.3, 0.4) is 0 Å². The van der Waals surface area contributed by atoms with E-state index >= 15 is 0 Å². The Bertz CT molecular complexity index is 847. The number of hydrogen-bond acceptors (Lipinski definition) is 3. The van der Waals surface area contributed by atoms with Crippen LogP contribution < -0.4 is 0 Å². The molecule has 36 heavy (non-hydrogen) atoms. The van der Waals surface area contributed by atoms with Crippen molar-refractivity contribution >= 4 is 0 Å². The van der Waals surface area contributed by atoms with E-state index in [1.54, 1.807) is 0 Å². The van der Waals surface area contributed by atoms with Gasteiger partial charge in [-0.1, -0.05) is 71.3 Å². The van der Waals surface area contributed by atoms with Crippen molar-refractivity contribution in [3.63, 3.8) is 0 Å². The van der Waals surface area contributed by atoms with Crippen LogP contribution in [-0.4, -0.2) is 33.1 Å². The van der Waals surface area contributed by atoms with E-state index in [9.17, 15) is 15.3 Å². The van der Waals surface area contributed by atoms with Gasteiger partial charge in [0, 0.05) is 5.41 Å². The average Bonchev–Trinajstić information content (AvgIpc) is 3.16. The Morgan fingerprint density at radius 3 is 2.31 bits per heavy atom. The third-order valence-electron chi connectivity index (χ3n) is 12.1. The first-order valence-corrected chi connectivity index (χ1v) is 14.9. The Morgan fingerprint density at radius 2 is 1.67 bits per heavy atom. The van der Waals surface area contributed by atoms with Gasteiger partial charge in [0.25, 0.3) is 0 Å². The van der Waals surface area contributed by atoms with Crippen molar-refractivity contribution in [2.24, 2.45) is 45.8 Å². The molecule has 3 fully saturated rings. The molecule has 3 saturated carbocycles. The van der Waals surface area contributed by atoms with Gasteiger partial charge in [0.05, 0.1) is 17.8 Å². The molecule has 0 aromatic rings. The predicted octanol–water partition coefficient (Wildman–Crippen LogP) is 7.22. The van der Waals surface area contributed by atoms with Crippen molar-refractivity contribution in [3.05, 3.63) is 37.0 Å². The molecule has 9 atom stereocenters. The van der Waals surface area contributed by atoms with Gasteiger partial charge >= 0.3 is 0 Å². The molecule has 0 aromatic carbocycles. The molecule has 0 spiro atoms. The van der Waals surface area contributed by atoms with Crippen LogP contribution in [0.5, 0.6) is 0 Å². The summed E-state index contributed by atoms with van der Waals surface area (Å²) < 4.78 is 0. The maximum atomic E-state index is 11.6. The van der Waals surface area contributed by atoms with Gasteiger partial charge in [0.2, 0.25) is 0 Å². The van der Waals surface area contributed by atoms with Gasteiger partial charge in [-0.25, -0.2) is 0 Å². The van der Waals surface area contributed by atoms with Crippen LogP contribution in [-0.2, 0) is 0 Å². The molecule has 0 heterocycles. The molecule has 4 aliphatic rings. The highest BCUT2D eigenvalue weighted by atomic mass is 16.3. The second-order valence-corrected chi connectivity index (χ2v) is 14.4. The van der Waals surface area contributed by atoms with E-state index < -0.39 is 11.7 Å². The average molecular weight is 499 g/mol. The lowest BCUT2D eigenvalue weighted by molar-refractivity contribution is -0.111. The van der Waals surface area contributed by atoms with Crippen molar-refractivity contribution in [1.29, 1.82) is 0 Å². The Kier molecular flexibility index (Phi) is 7.82. The fourth-order valence-electron chi connectivity index (χ4n) is 10.1. The molecule has 4 rings (SSSR count). The maximum absolute atomic E-state index is 11.6. The van der Waals surface area contributed by atoms with Crippen LogP contribution in [0.1, 0.15) is 105 Å². The zero-order valence-corrected chi connectivity index (χ0v) is 23.8. The first-order valence-electron chi connectivity index (χ1n) is 14.9. The minimum atomic E-state index is -0.698. The predicted molar refractivity (Wildman–Crippen MR) is 149 cm³/mol. The molecule has 0 radical (unpaired) electrons. The molecule has 204 valence electrons. The van der Waals surface area contributed by atoms with Gasteiger partial charge in [-0.15, -0.1) is 13.2 Å². The van der Waals surface area contributed by atoms with E-state index in [4.69, 9.17) is 0 Å². The Labute approximate surface area is 221 Å². The fourth-order valence-corrected chi connectivity index (χ4v) is 10.1. The topological polar surface area (TPSA) is 60.7 Å². The number of hydrogen-bond donors (Lipinski definition) is 3. The van der Waals surface area contributed by atoms with Gasteiger partial charge < -0.3 is 15.3 Å². The molecule has 0 aliphatic heterocycles. The lowest BCUT2D eigenvalue weighted by Crippen LogP contribution is -2.58. The normalized spacial score (nSPS) is 42.5. The van der Waals surface area contributed by atoms with Gasteiger partial charge in [-0.05, 0) is 98.2 Å². The summed E-state index contributed by atoms with van der Waals surface area (Å²) >= 11 is 0. The van der Waals surface area contributed by atoms with Crippen molar-refractivity contribution in [1.82, 2.24) is 0 Å². The largest absolute Gasteiger partial charge is 0.392 e. The number of aliphatic hydroxyl groups is 3. The van der Waals surface area contributed by atoms with Crippen molar-refractivity contribution < 1.29 is 15.3 Å². The van der Waals surface area contributed by atoms with Gasteiger partial charge in [0.1, 0.15) is 0 Å². The van der Waals surface area contributed by atoms with Gasteiger partial charge in [0.15, 0.2) is 0 Å². The molecule has 3 nitrogen and oxygen atoms in total. The summed E-state index contributed by atoms with van der Waals surface area (Å²) in [5.74, 6) is 2.73. The van der Waals surface area contributed by atoms with E-state index in [1.165, 1.54) is 31.3 Å². The zero-order valence-electron chi connectivity index (χ0n) is 23.8. The monoisotopic (exact) mass is 498 g/mol. The van der Waals surface area contributed by atoms with Crippen LogP contribution in [0, 0.1) is 45.8 Å². The number of rotatable bonds is 9. The number of fused-ring (bicyclic) bond motifs is 5. The van der Waals surface area contributed by atoms with E-state index in [0.717, 1.165) is 32.1 Å². The van der Waals surface area contributed by atoms with Crippen LogP contribution in [0.4, 0.5) is 0 Å². The Hall–Kier alpha value is -0.900. The van der Waals surface area contributed by atoms with Crippen molar-refractivity contribution in [2.75, 3.05) is 0 Å². The first kappa shape index (κ1) is 28.1. The molecule has 0 amide bonds. The summed E-state index contributed by atoms with van der Waals surface area (Å²) in [4.78, 5) is 0.